The number of aliphatic carboxylic acids is 1. The first kappa shape index (κ1) is 14.4. The van der Waals surface area contributed by atoms with Crippen molar-refractivity contribution in [1.82, 2.24) is 5.32 Å². The van der Waals surface area contributed by atoms with E-state index >= 15 is 0 Å². The van der Waals surface area contributed by atoms with Gasteiger partial charge in [0, 0.05) is 0 Å². The molecule has 8 heteroatoms. The maximum atomic E-state index is 10.1. The van der Waals surface area contributed by atoms with Crippen LogP contribution in [-0.4, -0.2) is 71.4 Å². The van der Waals surface area contributed by atoms with Crippen LogP contribution < -0.4 is 5.32 Å². The molecule has 0 rings (SSSR count). The van der Waals surface area contributed by atoms with E-state index in [1.807, 2.05) is 0 Å². The first-order valence-corrected chi connectivity index (χ1v) is 4.18. The Morgan fingerprint density at radius 2 is 1.91 bits per heavy atom. The van der Waals surface area contributed by atoms with Gasteiger partial charge in [0.15, 0.2) is 0 Å². The molecule has 4 N–H and O–H groups in total. The number of carboxylic acid groups (broad SMARTS) is 1. The Morgan fingerprint density at radius 1 is 1.45 bits per heavy atom. The van der Waals surface area contributed by atoms with Gasteiger partial charge in [-0.05, 0) is 0 Å². The van der Waals surface area contributed by atoms with E-state index in [0.717, 1.165) is 0 Å². The molecular weight excluding hydrogens is 201 g/mol. The molecule has 0 fully saturated rings. The van der Waals surface area contributed by atoms with Crippen LogP contribution in [0.5, 0.6) is 0 Å². The van der Waals surface area contributed by atoms with Crippen molar-refractivity contribution >= 4 is 51.3 Å². The van der Waals surface area contributed by atoms with Gasteiger partial charge in [0.25, 0.3) is 0 Å². The molecule has 64 valence electrons. The molecule has 11 heavy (non-hydrogen) atoms. The fraction of sp³-hybridized carbons (Fsp3) is 0.667. The quantitative estimate of drug-likeness (QED) is 0.313. The van der Waals surface area contributed by atoms with E-state index in [1.165, 1.54) is 0 Å². The molecule has 0 aliphatic rings. The number of carbonyl (C=O) groups is 1. The van der Waals surface area contributed by atoms with Gasteiger partial charge in [-0.1, -0.05) is 0 Å². The summed E-state index contributed by atoms with van der Waals surface area (Å²) in [5.41, 5.74) is 0. The third kappa shape index (κ3) is 13.8. The van der Waals surface area contributed by atoms with Crippen LogP contribution in [0.4, 0.5) is 0 Å². The molecule has 0 amide bonds. The van der Waals surface area contributed by atoms with Gasteiger partial charge in [0.1, 0.15) is 0 Å². The summed E-state index contributed by atoms with van der Waals surface area (Å²) in [7, 11) is -4.10. The van der Waals surface area contributed by atoms with Gasteiger partial charge in [-0.2, -0.15) is 0 Å². The zero-order chi connectivity index (χ0) is 8.20. The third-order valence-electron chi connectivity index (χ3n) is 0.594. The number of hydrogen-bond donors (Lipinski definition) is 4. The minimum absolute atomic E-state index is 0. The average Bonchev–Trinajstić information content (AvgIpc) is 1.59. The van der Waals surface area contributed by atoms with Gasteiger partial charge in [0.2, 0.25) is 0 Å². The van der Waals surface area contributed by atoms with E-state index in [4.69, 9.17) is 14.9 Å². The number of nitrogens with one attached hydrogen (secondary N) is 1. The van der Waals surface area contributed by atoms with E-state index < -0.39 is 26.4 Å². The molecule has 0 aliphatic heterocycles. The van der Waals surface area contributed by atoms with Crippen molar-refractivity contribution in [3.63, 3.8) is 0 Å². The standard InChI is InChI=1S/C3H8NO5P.Ca.2H/c5-3(6)1-4-2-10(7,8)9;;;/h4H,1-2H2,(H,5,6)(H2,7,8,9);;;. The fourth-order valence-electron chi connectivity index (χ4n) is 0.308. The number of rotatable bonds is 4. The van der Waals surface area contributed by atoms with E-state index in [1.54, 1.807) is 0 Å². The molecule has 0 saturated heterocycles. The van der Waals surface area contributed by atoms with Crippen LogP contribution in [-0.2, 0) is 9.36 Å². The SMILES string of the molecule is O=C(O)CNCP(=O)(O)O.[CaH2]. The Morgan fingerprint density at radius 3 is 2.18 bits per heavy atom. The van der Waals surface area contributed by atoms with Crippen LogP contribution in [0.2, 0.25) is 0 Å². The van der Waals surface area contributed by atoms with Crippen molar-refractivity contribution in [2.45, 2.75) is 0 Å². The van der Waals surface area contributed by atoms with Gasteiger partial charge in [-0.15, -0.1) is 0 Å². The van der Waals surface area contributed by atoms with Crippen molar-refractivity contribution in [2.24, 2.45) is 0 Å². The van der Waals surface area contributed by atoms with Gasteiger partial charge in [0.05, 0.1) is 12.8 Å². The molecule has 0 aromatic heterocycles. The first-order chi connectivity index (χ1) is 4.42. The molecule has 6 nitrogen and oxygen atoms in total. The second-order valence-electron chi connectivity index (χ2n) is 1.64. The van der Waals surface area contributed by atoms with Crippen LogP contribution in [0.25, 0.3) is 0 Å². The summed E-state index contributed by atoms with van der Waals surface area (Å²) < 4.78 is 10.1. The van der Waals surface area contributed by atoms with Crippen molar-refractivity contribution in [3.05, 3.63) is 0 Å². The Bertz CT molecular complexity index is 167. The normalized spacial score (nSPS) is 10.4. The first-order valence-electron chi connectivity index (χ1n) is 2.39. The van der Waals surface area contributed by atoms with Crippen molar-refractivity contribution in [3.8, 4) is 0 Å². The Kier molecular flexibility index (Phi) is 8.32. The topological polar surface area (TPSA) is 107 Å². The van der Waals surface area contributed by atoms with Crippen LogP contribution in [0.1, 0.15) is 0 Å². The van der Waals surface area contributed by atoms with E-state index in [2.05, 4.69) is 5.32 Å². The Labute approximate surface area is 93.1 Å². The average molecular weight is 211 g/mol. The predicted molar refractivity (Wildman–Crippen MR) is 41.1 cm³/mol. The van der Waals surface area contributed by atoms with Crippen molar-refractivity contribution in [2.75, 3.05) is 12.8 Å². The minimum atomic E-state index is -4.10. The molecule has 0 aromatic rings. The number of carboxylic acids is 1. The summed E-state index contributed by atoms with van der Waals surface area (Å²) >= 11 is 0. The van der Waals surface area contributed by atoms with Gasteiger partial charge in [-0.3, -0.25) is 14.7 Å². The zero-order valence-corrected chi connectivity index (χ0v) is 5.91. The summed E-state index contributed by atoms with van der Waals surface area (Å²) in [6.07, 6.45) is -0.598. The van der Waals surface area contributed by atoms with Gasteiger partial charge in [-0.25, -0.2) is 0 Å². The van der Waals surface area contributed by atoms with E-state index in [0.29, 0.717) is 0 Å². The molecule has 0 spiro atoms. The zero-order valence-electron chi connectivity index (χ0n) is 5.02. The molecule has 0 atom stereocenters. The molecule has 0 aromatic carbocycles. The molecule has 0 bridgehead atoms. The fourth-order valence-corrected chi connectivity index (χ4v) is 0.712. The molecule has 0 radical (unpaired) electrons. The van der Waals surface area contributed by atoms with Crippen LogP contribution in [0.15, 0.2) is 0 Å². The summed E-state index contributed by atoms with van der Waals surface area (Å²) in [6.45, 7) is -0.439. The summed E-state index contributed by atoms with van der Waals surface area (Å²) in [6, 6.07) is 0. The molecule has 0 aliphatic carbocycles. The summed E-state index contributed by atoms with van der Waals surface area (Å²) in [5, 5.41) is 10.1. The molecule has 0 saturated carbocycles. The maximum absolute atomic E-state index is 10.1. The monoisotopic (exact) mass is 211 g/mol. The van der Waals surface area contributed by atoms with Crippen molar-refractivity contribution in [1.29, 1.82) is 0 Å². The van der Waals surface area contributed by atoms with Crippen LogP contribution >= 0.6 is 7.60 Å². The number of hydrogen-bond acceptors (Lipinski definition) is 3. The third-order valence-corrected chi connectivity index (χ3v) is 1.23. The van der Waals surface area contributed by atoms with E-state index in [9.17, 15) is 9.36 Å². The predicted octanol–water partition coefficient (Wildman–Crippen LogP) is -2.12. The van der Waals surface area contributed by atoms with Crippen LogP contribution in [0.3, 0.4) is 0 Å². The van der Waals surface area contributed by atoms with Gasteiger partial charge < -0.3 is 14.9 Å². The Hall–Kier alpha value is 0.840. The van der Waals surface area contributed by atoms with Gasteiger partial charge >= 0.3 is 51.3 Å². The second kappa shape index (κ2) is 6.37. The molecular formula is C3H10CaNO5P. The molecule has 0 unspecified atom stereocenters. The Balaban J connectivity index is 0. The van der Waals surface area contributed by atoms with Crippen molar-refractivity contribution < 1.29 is 24.3 Å². The summed E-state index contributed by atoms with van der Waals surface area (Å²) in [4.78, 5) is 26.1. The summed E-state index contributed by atoms with van der Waals surface area (Å²) in [5.74, 6) is -1.14. The van der Waals surface area contributed by atoms with E-state index in [-0.39, 0.29) is 37.7 Å². The molecule has 0 heterocycles. The second-order valence-corrected chi connectivity index (χ2v) is 3.29. The van der Waals surface area contributed by atoms with Crippen LogP contribution in [0, 0.1) is 0 Å².